The minimum atomic E-state index is -0.377. The van der Waals surface area contributed by atoms with Crippen LogP contribution in [0.15, 0.2) is 18.2 Å². The first-order chi connectivity index (χ1) is 6.63. The number of nitrogens with one attached hydrogen (secondary N) is 1. The molecule has 0 spiro atoms. The number of hydrogen-bond donors (Lipinski definition) is 1. The summed E-state index contributed by atoms with van der Waals surface area (Å²) in [5.74, 6) is -0.399. The van der Waals surface area contributed by atoms with Crippen molar-refractivity contribution in [3.05, 3.63) is 35.4 Å². The molecule has 0 heterocycles. The molecule has 0 aliphatic carbocycles. The third kappa shape index (κ3) is 3.07. The van der Waals surface area contributed by atoms with Gasteiger partial charge in [0.05, 0.1) is 0 Å². The van der Waals surface area contributed by atoms with Gasteiger partial charge in [-0.15, -0.1) is 0 Å². The summed E-state index contributed by atoms with van der Waals surface area (Å²) in [4.78, 5) is 0. The van der Waals surface area contributed by atoms with Gasteiger partial charge in [0.15, 0.2) is 0 Å². The Labute approximate surface area is 83.1 Å². The quantitative estimate of drug-likeness (QED) is 0.785. The van der Waals surface area contributed by atoms with E-state index in [0.29, 0.717) is 17.9 Å². The predicted octanol–water partition coefficient (Wildman–Crippen LogP) is 2.36. The molecular formula is C11H15F2N. The average Bonchev–Trinajstić information content (AvgIpc) is 2.12. The van der Waals surface area contributed by atoms with E-state index in [0.717, 1.165) is 12.6 Å². The van der Waals surface area contributed by atoms with Gasteiger partial charge in [0.2, 0.25) is 0 Å². The molecule has 0 saturated carbocycles. The summed E-state index contributed by atoms with van der Waals surface area (Å²) in [6.45, 7) is 2.80. The smallest absolute Gasteiger partial charge is 0.126 e. The third-order valence-electron chi connectivity index (χ3n) is 2.13. The van der Waals surface area contributed by atoms with E-state index in [2.05, 4.69) is 5.32 Å². The van der Waals surface area contributed by atoms with Gasteiger partial charge < -0.3 is 5.32 Å². The van der Waals surface area contributed by atoms with Crippen molar-refractivity contribution in [3.8, 4) is 0 Å². The van der Waals surface area contributed by atoms with Crippen molar-refractivity contribution in [1.29, 1.82) is 0 Å². The predicted molar refractivity (Wildman–Crippen MR) is 53.2 cm³/mol. The van der Waals surface area contributed by atoms with Crippen molar-refractivity contribution in [2.24, 2.45) is 5.92 Å². The highest BCUT2D eigenvalue weighted by atomic mass is 19.1. The van der Waals surface area contributed by atoms with E-state index in [1.165, 1.54) is 12.1 Å². The zero-order valence-electron chi connectivity index (χ0n) is 8.48. The Hall–Kier alpha value is -0.960. The zero-order valence-corrected chi connectivity index (χ0v) is 8.48. The second-order valence-electron chi connectivity index (χ2n) is 3.60. The highest BCUT2D eigenvalue weighted by molar-refractivity contribution is 5.19. The maximum atomic E-state index is 13.2. The molecule has 3 heteroatoms. The Balaban J connectivity index is 2.70. The van der Waals surface area contributed by atoms with Crippen LogP contribution in [-0.4, -0.2) is 13.6 Å². The Morgan fingerprint density at radius 3 is 2.71 bits per heavy atom. The molecular weight excluding hydrogens is 184 g/mol. The number of rotatable bonds is 4. The van der Waals surface area contributed by atoms with Crippen LogP contribution in [0.1, 0.15) is 12.5 Å². The fourth-order valence-corrected chi connectivity index (χ4v) is 1.50. The standard InChI is InChI=1S/C11H15F2N/c1-8(7-14-2)5-9-6-10(12)3-4-11(9)13/h3-4,6,8,14H,5,7H2,1-2H3. The number of halogens is 2. The first-order valence-electron chi connectivity index (χ1n) is 4.72. The van der Waals surface area contributed by atoms with Gasteiger partial charge in [-0.2, -0.15) is 0 Å². The normalized spacial score (nSPS) is 12.9. The van der Waals surface area contributed by atoms with E-state index < -0.39 is 0 Å². The van der Waals surface area contributed by atoms with Crippen LogP contribution in [0.5, 0.6) is 0 Å². The first kappa shape index (κ1) is 11.1. The van der Waals surface area contributed by atoms with Crippen molar-refractivity contribution < 1.29 is 8.78 Å². The van der Waals surface area contributed by atoms with E-state index in [9.17, 15) is 8.78 Å². The molecule has 0 aliphatic heterocycles. The molecule has 1 unspecified atom stereocenters. The van der Waals surface area contributed by atoms with E-state index in [4.69, 9.17) is 0 Å². The lowest BCUT2D eigenvalue weighted by molar-refractivity contribution is 0.514. The summed E-state index contributed by atoms with van der Waals surface area (Å²) in [5, 5.41) is 3.01. The van der Waals surface area contributed by atoms with Crippen molar-refractivity contribution in [2.45, 2.75) is 13.3 Å². The van der Waals surface area contributed by atoms with Crippen LogP contribution in [0.2, 0.25) is 0 Å². The molecule has 1 aromatic carbocycles. The molecule has 0 aliphatic rings. The lowest BCUT2D eigenvalue weighted by Gasteiger charge is -2.11. The van der Waals surface area contributed by atoms with Crippen LogP contribution in [0.4, 0.5) is 8.78 Å². The second kappa shape index (κ2) is 5.05. The van der Waals surface area contributed by atoms with E-state index in [1.54, 1.807) is 0 Å². The lowest BCUT2D eigenvalue weighted by Crippen LogP contribution is -2.18. The molecule has 1 atom stereocenters. The molecule has 78 valence electrons. The zero-order chi connectivity index (χ0) is 10.6. The van der Waals surface area contributed by atoms with Crippen molar-refractivity contribution in [1.82, 2.24) is 5.32 Å². The largest absolute Gasteiger partial charge is 0.319 e. The van der Waals surface area contributed by atoms with Gasteiger partial charge >= 0.3 is 0 Å². The lowest BCUT2D eigenvalue weighted by atomic mass is 10.0. The SMILES string of the molecule is CNCC(C)Cc1cc(F)ccc1F. The van der Waals surface area contributed by atoms with E-state index in [-0.39, 0.29) is 11.6 Å². The molecule has 0 amide bonds. The summed E-state index contributed by atoms with van der Waals surface area (Å²) >= 11 is 0. The van der Waals surface area contributed by atoms with Crippen LogP contribution in [0.3, 0.4) is 0 Å². The third-order valence-corrected chi connectivity index (χ3v) is 2.13. The van der Waals surface area contributed by atoms with Gasteiger partial charge in [-0.1, -0.05) is 6.92 Å². The number of benzene rings is 1. The maximum absolute atomic E-state index is 13.2. The minimum absolute atomic E-state index is 0.302. The molecule has 0 fully saturated rings. The van der Waals surface area contributed by atoms with E-state index >= 15 is 0 Å². The molecule has 0 radical (unpaired) electrons. The minimum Gasteiger partial charge on any atom is -0.319 e. The average molecular weight is 199 g/mol. The molecule has 1 N–H and O–H groups in total. The molecule has 1 rings (SSSR count). The Bertz CT molecular complexity index is 299. The molecule has 14 heavy (non-hydrogen) atoms. The van der Waals surface area contributed by atoms with Gasteiger partial charge in [0.25, 0.3) is 0 Å². The van der Waals surface area contributed by atoms with Gasteiger partial charge in [-0.25, -0.2) is 8.78 Å². The fraction of sp³-hybridized carbons (Fsp3) is 0.455. The topological polar surface area (TPSA) is 12.0 Å². The molecule has 1 nitrogen and oxygen atoms in total. The van der Waals surface area contributed by atoms with E-state index in [1.807, 2.05) is 14.0 Å². The van der Waals surface area contributed by atoms with Gasteiger partial charge in [0.1, 0.15) is 11.6 Å². The summed E-state index contributed by atoms with van der Waals surface area (Å²) in [6, 6.07) is 3.58. The molecule has 0 aromatic heterocycles. The summed E-state index contributed by atoms with van der Waals surface area (Å²) < 4.78 is 26.0. The summed E-state index contributed by atoms with van der Waals surface area (Å²) in [6.07, 6.45) is 0.560. The molecule has 0 saturated heterocycles. The Kier molecular flexibility index (Phi) is 4.01. The van der Waals surface area contributed by atoms with Crippen LogP contribution in [-0.2, 0) is 6.42 Å². The van der Waals surface area contributed by atoms with Crippen molar-refractivity contribution in [3.63, 3.8) is 0 Å². The maximum Gasteiger partial charge on any atom is 0.126 e. The highest BCUT2D eigenvalue weighted by Crippen LogP contribution is 2.14. The molecule has 1 aromatic rings. The van der Waals surface area contributed by atoms with Gasteiger partial charge in [-0.3, -0.25) is 0 Å². The van der Waals surface area contributed by atoms with Gasteiger partial charge in [0, 0.05) is 0 Å². The summed E-state index contributed by atoms with van der Waals surface area (Å²) in [7, 11) is 1.85. The number of hydrogen-bond acceptors (Lipinski definition) is 1. The monoisotopic (exact) mass is 199 g/mol. The Morgan fingerprint density at radius 1 is 1.36 bits per heavy atom. The highest BCUT2D eigenvalue weighted by Gasteiger charge is 2.08. The van der Waals surface area contributed by atoms with Crippen LogP contribution >= 0.6 is 0 Å². The second-order valence-corrected chi connectivity index (χ2v) is 3.60. The first-order valence-corrected chi connectivity index (χ1v) is 4.72. The Morgan fingerprint density at radius 2 is 2.07 bits per heavy atom. The van der Waals surface area contributed by atoms with Crippen LogP contribution in [0.25, 0.3) is 0 Å². The summed E-state index contributed by atoms with van der Waals surface area (Å²) in [5.41, 5.74) is 0.452. The van der Waals surface area contributed by atoms with Crippen LogP contribution in [0, 0.1) is 17.6 Å². The molecule has 0 bridgehead atoms. The van der Waals surface area contributed by atoms with Crippen molar-refractivity contribution >= 4 is 0 Å². The van der Waals surface area contributed by atoms with Gasteiger partial charge in [-0.05, 0) is 49.7 Å². The van der Waals surface area contributed by atoms with Crippen LogP contribution < -0.4 is 5.32 Å². The fourth-order valence-electron chi connectivity index (χ4n) is 1.50. The van der Waals surface area contributed by atoms with Crippen molar-refractivity contribution in [2.75, 3.05) is 13.6 Å².